The molecule has 1 heterocycles. The van der Waals surface area contributed by atoms with Gasteiger partial charge in [0, 0.05) is 12.1 Å². The summed E-state index contributed by atoms with van der Waals surface area (Å²) in [6, 6.07) is 6.71. The van der Waals surface area contributed by atoms with E-state index >= 15 is 0 Å². The third-order valence-electron chi connectivity index (χ3n) is 3.11. The highest BCUT2D eigenvalue weighted by atomic mass is 19.4. The molecule has 0 aliphatic heterocycles. The topological polar surface area (TPSA) is 63.4 Å². The van der Waals surface area contributed by atoms with Crippen LogP contribution in [0.25, 0.3) is 11.4 Å². The molecule has 0 saturated carbocycles. The molecule has 0 radical (unpaired) electrons. The van der Waals surface area contributed by atoms with Crippen LogP contribution >= 0.6 is 0 Å². The lowest BCUT2D eigenvalue weighted by molar-refractivity contribution is -0.159. The van der Waals surface area contributed by atoms with Gasteiger partial charge in [-0.25, -0.2) is 5.06 Å². The van der Waals surface area contributed by atoms with Gasteiger partial charge in [-0.3, -0.25) is 4.84 Å². The van der Waals surface area contributed by atoms with Crippen molar-refractivity contribution in [3.8, 4) is 11.4 Å². The van der Waals surface area contributed by atoms with Gasteiger partial charge in [-0.05, 0) is 12.5 Å². The zero-order valence-corrected chi connectivity index (χ0v) is 13.2. The van der Waals surface area contributed by atoms with Crippen molar-refractivity contribution >= 4 is 0 Å². The number of benzene rings is 1. The molecule has 9 heteroatoms. The van der Waals surface area contributed by atoms with E-state index < -0.39 is 12.1 Å². The van der Waals surface area contributed by atoms with E-state index in [1.807, 2.05) is 6.92 Å². The van der Waals surface area contributed by atoms with Crippen molar-refractivity contribution < 1.29 is 22.5 Å². The van der Waals surface area contributed by atoms with Crippen molar-refractivity contribution in [3.05, 3.63) is 48.1 Å². The Morgan fingerprint density at radius 2 is 2.00 bits per heavy atom. The van der Waals surface area contributed by atoms with Gasteiger partial charge in [0.15, 0.2) is 0 Å². The Kier molecular flexibility index (Phi) is 5.45. The van der Waals surface area contributed by atoms with Gasteiger partial charge in [-0.2, -0.15) is 18.2 Å². The van der Waals surface area contributed by atoms with Crippen molar-refractivity contribution in [2.45, 2.75) is 19.6 Å². The lowest BCUT2D eigenvalue weighted by atomic mass is 10.1. The van der Waals surface area contributed by atoms with Gasteiger partial charge in [0.05, 0.1) is 13.7 Å². The van der Waals surface area contributed by atoms with E-state index in [1.165, 1.54) is 7.11 Å². The van der Waals surface area contributed by atoms with Crippen LogP contribution in [0.3, 0.4) is 0 Å². The number of hydroxylamine groups is 2. The Balaban J connectivity index is 2.10. The summed E-state index contributed by atoms with van der Waals surface area (Å²) in [5, 5.41) is 7.95. The lowest BCUT2D eigenvalue weighted by Crippen LogP contribution is -2.29. The van der Waals surface area contributed by atoms with Gasteiger partial charge in [-0.1, -0.05) is 36.0 Å². The van der Waals surface area contributed by atoms with Gasteiger partial charge in [0.2, 0.25) is 5.82 Å². The first-order chi connectivity index (χ1) is 11.3. The third kappa shape index (κ3) is 4.25. The fourth-order valence-electron chi connectivity index (χ4n) is 1.94. The molecule has 1 N–H and O–H groups in total. The molecule has 0 unspecified atom stereocenters. The van der Waals surface area contributed by atoms with Crippen molar-refractivity contribution in [3.63, 3.8) is 0 Å². The number of nitrogens with one attached hydrogen (secondary N) is 1. The maximum absolute atomic E-state index is 12.5. The number of nitrogens with zero attached hydrogens (tertiary/aromatic N) is 3. The monoisotopic (exact) mass is 342 g/mol. The second-order valence-electron chi connectivity index (χ2n) is 4.81. The SMILES string of the molecule is C=C(NCC)N(Cc1ccc(-c2noc(C(F)(F)F)n2)cc1)OC. The molecule has 130 valence electrons. The normalized spacial score (nSPS) is 11.4. The van der Waals surface area contributed by atoms with Crippen molar-refractivity contribution in [1.82, 2.24) is 20.5 Å². The number of hydrogen-bond acceptors (Lipinski definition) is 6. The highest BCUT2D eigenvalue weighted by Crippen LogP contribution is 2.29. The minimum absolute atomic E-state index is 0.116. The van der Waals surface area contributed by atoms with E-state index in [2.05, 4.69) is 26.6 Å². The van der Waals surface area contributed by atoms with Crippen LogP contribution in [0.1, 0.15) is 18.4 Å². The lowest BCUT2D eigenvalue weighted by Gasteiger charge is -2.24. The second-order valence-corrected chi connectivity index (χ2v) is 4.81. The van der Waals surface area contributed by atoms with Gasteiger partial charge in [-0.15, -0.1) is 0 Å². The summed E-state index contributed by atoms with van der Waals surface area (Å²) in [7, 11) is 1.52. The Morgan fingerprint density at radius 3 is 2.50 bits per heavy atom. The van der Waals surface area contributed by atoms with Crippen molar-refractivity contribution in [2.75, 3.05) is 13.7 Å². The molecule has 6 nitrogen and oxygen atoms in total. The summed E-state index contributed by atoms with van der Waals surface area (Å²) in [6.45, 7) is 6.92. The molecule has 24 heavy (non-hydrogen) atoms. The van der Waals surface area contributed by atoms with Crippen LogP contribution in [0.4, 0.5) is 13.2 Å². The molecule has 1 aromatic carbocycles. The van der Waals surface area contributed by atoms with Crippen LogP contribution in [0.2, 0.25) is 0 Å². The van der Waals surface area contributed by atoms with Gasteiger partial charge in [0.25, 0.3) is 0 Å². The molecular weight excluding hydrogens is 325 g/mol. The molecule has 0 spiro atoms. The van der Waals surface area contributed by atoms with E-state index in [9.17, 15) is 13.2 Å². The van der Waals surface area contributed by atoms with Gasteiger partial charge < -0.3 is 9.84 Å². The van der Waals surface area contributed by atoms with Crippen LogP contribution in [0.15, 0.2) is 41.2 Å². The minimum atomic E-state index is -4.66. The van der Waals surface area contributed by atoms with E-state index in [0.29, 0.717) is 24.5 Å². The number of alkyl halides is 3. The summed E-state index contributed by atoms with van der Waals surface area (Å²) in [4.78, 5) is 8.58. The Morgan fingerprint density at radius 1 is 1.33 bits per heavy atom. The fourth-order valence-corrected chi connectivity index (χ4v) is 1.94. The zero-order valence-electron chi connectivity index (χ0n) is 13.2. The molecule has 0 fully saturated rings. The van der Waals surface area contributed by atoms with Crippen LogP contribution in [-0.4, -0.2) is 28.9 Å². The average Bonchev–Trinajstić information content (AvgIpc) is 3.03. The van der Waals surface area contributed by atoms with Crippen molar-refractivity contribution in [2.24, 2.45) is 0 Å². The number of rotatable bonds is 7. The minimum Gasteiger partial charge on any atom is -0.371 e. The summed E-state index contributed by atoms with van der Waals surface area (Å²) in [6.07, 6.45) is -4.66. The average molecular weight is 342 g/mol. The first-order valence-electron chi connectivity index (χ1n) is 7.09. The largest absolute Gasteiger partial charge is 0.471 e. The quantitative estimate of drug-likeness (QED) is 0.780. The zero-order chi connectivity index (χ0) is 17.7. The van der Waals surface area contributed by atoms with Crippen molar-refractivity contribution in [1.29, 1.82) is 0 Å². The predicted octanol–water partition coefficient (Wildman–Crippen LogP) is 3.20. The molecule has 0 bridgehead atoms. The van der Waals surface area contributed by atoms with E-state index in [4.69, 9.17) is 4.84 Å². The first-order valence-corrected chi connectivity index (χ1v) is 7.09. The van der Waals surface area contributed by atoms with Crippen LogP contribution in [0.5, 0.6) is 0 Å². The number of halogens is 3. The second kappa shape index (κ2) is 7.35. The standard InChI is InChI=1S/C15H17F3N4O2/c1-4-19-10(2)22(23-3)9-11-5-7-12(8-6-11)13-20-14(24-21-13)15(16,17)18/h5-8,19H,2,4,9H2,1,3H3. The molecule has 2 aromatic rings. The highest BCUT2D eigenvalue weighted by Gasteiger charge is 2.38. The van der Waals surface area contributed by atoms with Crippen LogP contribution in [-0.2, 0) is 17.6 Å². The smallest absolute Gasteiger partial charge is 0.371 e. The van der Waals surface area contributed by atoms with E-state index in [-0.39, 0.29) is 5.82 Å². The van der Waals surface area contributed by atoms with Crippen LogP contribution in [0, 0.1) is 0 Å². The molecule has 0 aliphatic carbocycles. The van der Waals surface area contributed by atoms with E-state index in [1.54, 1.807) is 29.3 Å². The highest BCUT2D eigenvalue weighted by molar-refractivity contribution is 5.54. The summed E-state index contributed by atoms with van der Waals surface area (Å²) >= 11 is 0. The predicted molar refractivity (Wildman–Crippen MR) is 80.1 cm³/mol. The first kappa shape index (κ1) is 17.8. The van der Waals surface area contributed by atoms with Gasteiger partial charge >= 0.3 is 12.1 Å². The summed E-state index contributed by atoms with van der Waals surface area (Å²) in [5.41, 5.74) is 1.30. The Bertz CT molecular complexity index is 683. The van der Waals surface area contributed by atoms with E-state index in [0.717, 1.165) is 5.56 Å². The van der Waals surface area contributed by atoms with Crippen LogP contribution < -0.4 is 5.32 Å². The molecule has 0 saturated heterocycles. The van der Waals surface area contributed by atoms with Gasteiger partial charge in [0.1, 0.15) is 5.82 Å². The maximum atomic E-state index is 12.5. The summed E-state index contributed by atoms with van der Waals surface area (Å²) in [5.74, 6) is -0.874. The number of hydrogen-bond donors (Lipinski definition) is 1. The molecule has 0 amide bonds. The maximum Gasteiger partial charge on any atom is 0.471 e. The Hall–Kier alpha value is -2.55. The Labute approximate surface area is 136 Å². The summed E-state index contributed by atoms with van der Waals surface area (Å²) < 4.78 is 41.6. The fraction of sp³-hybridized carbons (Fsp3) is 0.333. The number of aromatic nitrogens is 2. The molecule has 0 aliphatic rings. The molecule has 0 atom stereocenters. The molecular formula is C15H17F3N4O2. The molecule has 1 aromatic heterocycles. The molecule has 2 rings (SSSR count). The third-order valence-corrected chi connectivity index (χ3v) is 3.11.